The lowest BCUT2D eigenvalue weighted by Crippen LogP contribution is -2.42. The zero-order valence-corrected chi connectivity index (χ0v) is 13.2. The Kier molecular flexibility index (Phi) is 5.45. The summed E-state index contributed by atoms with van der Waals surface area (Å²) in [6, 6.07) is 8.97. The number of methoxy groups -OCH3 is 1. The van der Waals surface area contributed by atoms with Crippen molar-refractivity contribution < 1.29 is 4.74 Å². The Bertz CT molecular complexity index is 359. The van der Waals surface area contributed by atoms with E-state index >= 15 is 0 Å². The summed E-state index contributed by atoms with van der Waals surface area (Å²) in [7, 11) is 1.76. The number of rotatable bonds is 7. The van der Waals surface area contributed by atoms with Gasteiger partial charge in [-0.3, -0.25) is 0 Å². The van der Waals surface area contributed by atoms with Gasteiger partial charge in [-0.1, -0.05) is 18.6 Å². The van der Waals surface area contributed by atoms with Crippen LogP contribution in [0.2, 0.25) is 0 Å². The Morgan fingerprint density at radius 2 is 2.00 bits per heavy atom. The first-order valence-corrected chi connectivity index (χ1v) is 7.76. The fraction of sp³-hybridized carbons (Fsp3) is 0.600. The fourth-order valence-corrected chi connectivity index (χ4v) is 3.02. The molecule has 1 aromatic carbocycles. The third kappa shape index (κ3) is 3.93. The Hall–Kier alpha value is -0.130. The van der Waals surface area contributed by atoms with Crippen LogP contribution in [0, 0.1) is 8.99 Å². The van der Waals surface area contributed by atoms with Crippen LogP contribution in [0.25, 0.3) is 0 Å². The van der Waals surface area contributed by atoms with Crippen LogP contribution < -0.4 is 5.32 Å². The molecule has 0 amide bonds. The number of hydrogen-bond acceptors (Lipinski definition) is 2. The molecule has 1 N–H and O–H groups in total. The predicted octanol–water partition coefficient (Wildman–Crippen LogP) is 3.24. The molecule has 0 spiro atoms. The first-order chi connectivity index (χ1) is 8.74. The van der Waals surface area contributed by atoms with Gasteiger partial charge in [0.25, 0.3) is 0 Å². The van der Waals surface area contributed by atoms with Gasteiger partial charge in [-0.25, -0.2) is 0 Å². The molecule has 0 bridgehead atoms. The van der Waals surface area contributed by atoms with Crippen LogP contribution >= 0.6 is 22.6 Å². The molecule has 0 aromatic heterocycles. The van der Waals surface area contributed by atoms with Gasteiger partial charge < -0.3 is 10.1 Å². The highest BCUT2D eigenvalue weighted by molar-refractivity contribution is 14.1. The van der Waals surface area contributed by atoms with E-state index in [-0.39, 0.29) is 0 Å². The number of benzene rings is 1. The maximum absolute atomic E-state index is 5.08. The number of ether oxygens (including phenoxy) is 1. The van der Waals surface area contributed by atoms with Crippen molar-refractivity contribution in [2.45, 2.75) is 25.7 Å². The van der Waals surface area contributed by atoms with Crippen molar-refractivity contribution in [2.24, 2.45) is 5.41 Å². The van der Waals surface area contributed by atoms with Gasteiger partial charge in [0.15, 0.2) is 0 Å². The van der Waals surface area contributed by atoms with Crippen LogP contribution in [-0.2, 0) is 11.2 Å². The third-order valence-electron chi connectivity index (χ3n) is 3.89. The Morgan fingerprint density at radius 1 is 1.28 bits per heavy atom. The number of nitrogens with one attached hydrogen (secondary N) is 1. The summed E-state index contributed by atoms with van der Waals surface area (Å²) < 4.78 is 6.39. The Labute approximate surface area is 124 Å². The molecule has 1 aliphatic rings. The largest absolute Gasteiger partial charge is 0.383 e. The van der Waals surface area contributed by atoms with Crippen LogP contribution in [0.5, 0.6) is 0 Å². The lowest BCUT2D eigenvalue weighted by Gasteiger charge is -2.42. The van der Waals surface area contributed by atoms with Crippen molar-refractivity contribution >= 4 is 22.6 Å². The lowest BCUT2D eigenvalue weighted by molar-refractivity contribution is 0.123. The molecule has 18 heavy (non-hydrogen) atoms. The molecule has 2 nitrogen and oxygen atoms in total. The minimum Gasteiger partial charge on any atom is -0.383 e. The molecule has 1 fully saturated rings. The fourth-order valence-electron chi connectivity index (χ4n) is 2.66. The average Bonchev–Trinajstić information content (AvgIpc) is 2.34. The summed E-state index contributed by atoms with van der Waals surface area (Å²) in [4.78, 5) is 0. The standard InChI is InChI=1S/C15H22INO/c1-18-10-9-17-12-15(7-2-8-15)11-13-3-5-14(16)6-4-13/h3-6,17H,2,7-12H2,1H3. The summed E-state index contributed by atoms with van der Waals surface area (Å²) in [6.07, 6.45) is 5.32. The highest BCUT2D eigenvalue weighted by Crippen LogP contribution is 2.43. The Balaban J connectivity index is 1.85. The van der Waals surface area contributed by atoms with Crippen molar-refractivity contribution in [1.29, 1.82) is 0 Å². The molecular weight excluding hydrogens is 337 g/mol. The normalized spacial score (nSPS) is 17.4. The summed E-state index contributed by atoms with van der Waals surface area (Å²) in [6.45, 7) is 2.90. The predicted molar refractivity (Wildman–Crippen MR) is 83.9 cm³/mol. The highest BCUT2D eigenvalue weighted by Gasteiger charge is 2.36. The van der Waals surface area contributed by atoms with Gasteiger partial charge in [0.1, 0.15) is 0 Å². The molecule has 3 heteroatoms. The van der Waals surface area contributed by atoms with E-state index in [2.05, 4.69) is 52.2 Å². The number of hydrogen-bond donors (Lipinski definition) is 1. The first kappa shape index (κ1) is 14.3. The van der Waals surface area contributed by atoms with Gasteiger partial charge in [0, 0.05) is 23.8 Å². The van der Waals surface area contributed by atoms with Gasteiger partial charge in [-0.2, -0.15) is 0 Å². The molecule has 0 radical (unpaired) electrons. The maximum Gasteiger partial charge on any atom is 0.0587 e. The lowest BCUT2D eigenvalue weighted by atomic mass is 9.65. The molecule has 1 saturated carbocycles. The maximum atomic E-state index is 5.08. The third-order valence-corrected chi connectivity index (χ3v) is 4.61. The van der Waals surface area contributed by atoms with Crippen molar-refractivity contribution in [3.63, 3.8) is 0 Å². The van der Waals surface area contributed by atoms with Gasteiger partial charge in [-0.15, -0.1) is 0 Å². The summed E-state index contributed by atoms with van der Waals surface area (Å²) in [5.74, 6) is 0. The van der Waals surface area contributed by atoms with Crippen molar-refractivity contribution in [1.82, 2.24) is 5.32 Å². The summed E-state index contributed by atoms with van der Waals surface area (Å²) in [5.41, 5.74) is 1.98. The molecule has 100 valence electrons. The zero-order chi connectivity index (χ0) is 12.8. The monoisotopic (exact) mass is 359 g/mol. The molecule has 0 heterocycles. The van der Waals surface area contributed by atoms with Crippen LogP contribution in [0.1, 0.15) is 24.8 Å². The second kappa shape index (κ2) is 6.87. The summed E-state index contributed by atoms with van der Waals surface area (Å²) >= 11 is 2.36. The van der Waals surface area contributed by atoms with E-state index in [0.29, 0.717) is 5.41 Å². The van der Waals surface area contributed by atoms with E-state index in [9.17, 15) is 0 Å². The second-order valence-corrected chi connectivity index (χ2v) is 6.57. The van der Waals surface area contributed by atoms with Gasteiger partial charge in [0.05, 0.1) is 6.61 Å². The van der Waals surface area contributed by atoms with Crippen LogP contribution in [0.4, 0.5) is 0 Å². The topological polar surface area (TPSA) is 21.3 Å². The quantitative estimate of drug-likeness (QED) is 0.596. The Morgan fingerprint density at radius 3 is 2.56 bits per heavy atom. The summed E-state index contributed by atoms with van der Waals surface area (Å²) in [5, 5.41) is 3.53. The SMILES string of the molecule is COCCNCC1(Cc2ccc(I)cc2)CCC1. The minimum atomic E-state index is 0.501. The van der Waals surface area contributed by atoms with Gasteiger partial charge in [0.2, 0.25) is 0 Å². The highest BCUT2D eigenvalue weighted by atomic mass is 127. The van der Waals surface area contributed by atoms with E-state index in [1.54, 1.807) is 7.11 Å². The molecule has 1 aromatic rings. The second-order valence-electron chi connectivity index (χ2n) is 5.33. The van der Waals surface area contributed by atoms with E-state index in [1.807, 2.05) is 0 Å². The van der Waals surface area contributed by atoms with E-state index < -0.39 is 0 Å². The first-order valence-electron chi connectivity index (χ1n) is 6.68. The van der Waals surface area contributed by atoms with Crippen molar-refractivity contribution in [3.8, 4) is 0 Å². The molecule has 1 aliphatic carbocycles. The molecule has 2 rings (SSSR count). The van der Waals surface area contributed by atoms with E-state index in [0.717, 1.165) is 19.7 Å². The van der Waals surface area contributed by atoms with Crippen molar-refractivity contribution in [3.05, 3.63) is 33.4 Å². The average molecular weight is 359 g/mol. The van der Waals surface area contributed by atoms with Gasteiger partial charge >= 0.3 is 0 Å². The minimum absolute atomic E-state index is 0.501. The molecule has 0 unspecified atom stereocenters. The van der Waals surface area contributed by atoms with Crippen molar-refractivity contribution in [2.75, 3.05) is 26.8 Å². The number of halogens is 1. The van der Waals surface area contributed by atoms with Crippen LogP contribution in [-0.4, -0.2) is 26.8 Å². The molecule has 0 saturated heterocycles. The smallest absolute Gasteiger partial charge is 0.0587 e. The molecular formula is C15H22INO. The molecule has 0 aliphatic heterocycles. The zero-order valence-electron chi connectivity index (χ0n) is 11.0. The van der Waals surface area contributed by atoms with Crippen LogP contribution in [0.3, 0.4) is 0 Å². The van der Waals surface area contributed by atoms with E-state index in [1.165, 1.54) is 34.8 Å². The van der Waals surface area contributed by atoms with Crippen LogP contribution in [0.15, 0.2) is 24.3 Å². The van der Waals surface area contributed by atoms with Gasteiger partial charge in [-0.05, 0) is 65.0 Å². The molecule has 0 atom stereocenters. The van der Waals surface area contributed by atoms with E-state index in [4.69, 9.17) is 4.74 Å².